The van der Waals surface area contributed by atoms with Crippen molar-refractivity contribution in [2.75, 3.05) is 18.9 Å². The smallest absolute Gasteiger partial charge is 0.0951 e. The zero-order valence-corrected chi connectivity index (χ0v) is 10.1. The molecule has 0 saturated carbocycles. The van der Waals surface area contributed by atoms with Crippen molar-refractivity contribution in [3.05, 3.63) is 31.0 Å². The van der Waals surface area contributed by atoms with Crippen LogP contribution >= 0.6 is 0 Å². The molecule has 3 rings (SSSR count). The molecule has 5 nitrogen and oxygen atoms in total. The van der Waals surface area contributed by atoms with Gasteiger partial charge in [-0.3, -0.25) is 4.98 Å². The Morgan fingerprint density at radius 3 is 3.11 bits per heavy atom. The Kier molecular flexibility index (Phi) is 2.98. The van der Waals surface area contributed by atoms with E-state index in [2.05, 4.69) is 14.5 Å². The molecular weight excluding hydrogens is 228 g/mol. The van der Waals surface area contributed by atoms with Gasteiger partial charge in [-0.2, -0.15) is 0 Å². The molecule has 0 spiro atoms. The van der Waals surface area contributed by atoms with Gasteiger partial charge in [0.25, 0.3) is 0 Å². The van der Waals surface area contributed by atoms with Crippen molar-refractivity contribution in [2.24, 2.45) is 5.92 Å². The third kappa shape index (κ3) is 2.09. The number of imidazole rings is 1. The van der Waals surface area contributed by atoms with Crippen LogP contribution in [-0.2, 0) is 11.3 Å². The monoisotopic (exact) mass is 244 g/mol. The molecule has 0 aliphatic carbocycles. The van der Waals surface area contributed by atoms with Gasteiger partial charge in [0.05, 0.1) is 24.8 Å². The number of nitrogen functional groups attached to an aromatic ring is 1. The van der Waals surface area contributed by atoms with E-state index in [9.17, 15) is 0 Å². The SMILES string of the molecule is Nc1ccncc1-c1cncn1CC1CCOC1. The van der Waals surface area contributed by atoms with Crippen molar-refractivity contribution in [3.8, 4) is 11.3 Å². The summed E-state index contributed by atoms with van der Waals surface area (Å²) >= 11 is 0. The molecule has 1 fully saturated rings. The first kappa shape index (κ1) is 11.2. The molecule has 2 aromatic heterocycles. The highest BCUT2D eigenvalue weighted by atomic mass is 16.5. The highest BCUT2D eigenvalue weighted by Gasteiger charge is 2.18. The predicted octanol–water partition coefficient (Wildman–Crippen LogP) is 1.56. The van der Waals surface area contributed by atoms with Crippen LogP contribution in [0.15, 0.2) is 31.0 Å². The molecule has 2 N–H and O–H groups in total. The molecule has 1 saturated heterocycles. The van der Waals surface area contributed by atoms with E-state index in [4.69, 9.17) is 10.5 Å². The first-order valence-electron chi connectivity index (χ1n) is 6.12. The molecule has 2 aromatic rings. The van der Waals surface area contributed by atoms with E-state index in [1.165, 1.54) is 0 Å². The molecule has 0 bridgehead atoms. The number of hydrogen-bond donors (Lipinski definition) is 1. The average molecular weight is 244 g/mol. The van der Waals surface area contributed by atoms with E-state index in [1.54, 1.807) is 12.4 Å². The summed E-state index contributed by atoms with van der Waals surface area (Å²) in [6.07, 6.45) is 8.28. The second kappa shape index (κ2) is 4.78. The summed E-state index contributed by atoms with van der Waals surface area (Å²) in [6, 6.07) is 1.81. The average Bonchev–Trinajstić information content (AvgIpc) is 3.02. The second-order valence-electron chi connectivity index (χ2n) is 4.62. The lowest BCUT2D eigenvalue weighted by atomic mass is 10.1. The third-order valence-corrected chi connectivity index (χ3v) is 3.32. The van der Waals surface area contributed by atoms with Crippen LogP contribution in [-0.4, -0.2) is 27.7 Å². The van der Waals surface area contributed by atoms with Gasteiger partial charge in [-0.1, -0.05) is 0 Å². The van der Waals surface area contributed by atoms with Crippen LogP contribution in [0.3, 0.4) is 0 Å². The fourth-order valence-corrected chi connectivity index (χ4v) is 2.32. The summed E-state index contributed by atoms with van der Waals surface area (Å²) < 4.78 is 7.54. The van der Waals surface area contributed by atoms with Gasteiger partial charge in [0.15, 0.2) is 0 Å². The summed E-state index contributed by atoms with van der Waals surface area (Å²) in [7, 11) is 0. The van der Waals surface area contributed by atoms with Crippen LogP contribution in [0.2, 0.25) is 0 Å². The highest BCUT2D eigenvalue weighted by molar-refractivity contribution is 5.72. The standard InChI is InChI=1S/C13H16N4O/c14-12-1-3-15-5-11(12)13-6-16-9-17(13)7-10-2-4-18-8-10/h1,3,5-6,9-10H,2,4,7-8H2,(H2,14,15). The van der Waals surface area contributed by atoms with E-state index < -0.39 is 0 Å². The normalized spacial score (nSPS) is 19.2. The van der Waals surface area contributed by atoms with E-state index in [1.807, 2.05) is 18.6 Å². The molecule has 1 aliphatic rings. The number of hydrogen-bond acceptors (Lipinski definition) is 4. The van der Waals surface area contributed by atoms with Gasteiger partial charge in [-0.25, -0.2) is 4.98 Å². The molecule has 1 atom stereocenters. The number of nitrogens with zero attached hydrogens (tertiary/aromatic N) is 3. The molecule has 0 amide bonds. The maximum absolute atomic E-state index is 5.98. The number of anilines is 1. The van der Waals surface area contributed by atoms with Gasteiger partial charge < -0.3 is 15.0 Å². The Bertz CT molecular complexity index is 531. The van der Waals surface area contributed by atoms with E-state index in [0.717, 1.165) is 43.1 Å². The summed E-state index contributed by atoms with van der Waals surface area (Å²) in [5.41, 5.74) is 8.67. The van der Waals surface area contributed by atoms with Gasteiger partial charge in [0, 0.05) is 42.7 Å². The molecule has 94 valence electrons. The minimum Gasteiger partial charge on any atom is -0.398 e. The molecule has 1 unspecified atom stereocenters. The van der Waals surface area contributed by atoms with Crippen molar-refractivity contribution in [2.45, 2.75) is 13.0 Å². The third-order valence-electron chi connectivity index (χ3n) is 3.32. The van der Waals surface area contributed by atoms with Crippen molar-refractivity contribution in [1.29, 1.82) is 0 Å². The molecule has 5 heteroatoms. The molecule has 0 aromatic carbocycles. The van der Waals surface area contributed by atoms with Crippen LogP contribution in [0.25, 0.3) is 11.3 Å². The number of ether oxygens (including phenoxy) is 1. The Labute approximate surface area is 106 Å². The Hall–Kier alpha value is -1.88. The number of rotatable bonds is 3. The second-order valence-corrected chi connectivity index (χ2v) is 4.62. The molecule has 3 heterocycles. The van der Waals surface area contributed by atoms with E-state index in [-0.39, 0.29) is 0 Å². The summed E-state index contributed by atoms with van der Waals surface area (Å²) in [5.74, 6) is 0.566. The number of pyridine rings is 1. The largest absolute Gasteiger partial charge is 0.398 e. The molecule has 18 heavy (non-hydrogen) atoms. The van der Waals surface area contributed by atoms with Crippen LogP contribution in [0, 0.1) is 5.92 Å². The van der Waals surface area contributed by atoms with Crippen LogP contribution in [0.1, 0.15) is 6.42 Å². The van der Waals surface area contributed by atoms with Crippen molar-refractivity contribution >= 4 is 5.69 Å². The fraction of sp³-hybridized carbons (Fsp3) is 0.385. The number of nitrogens with two attached hydrogens (primary N) is 1. The maximum Gasteiger partial charge on any atom is 0.0951 e. The Morgan fingerprint density at radius 1 is 1.39 bits per heavy atom. The van der Waals surface area contributed by atoms with Crippen LogP contribution < -0.4 is 5.73 Å². The van der Waals surface area contributed by atoms with Gasteiger partial charge >= 0.3 is 0 Å². The van der Waals surface area contributed by atoms with Gasteiger partial charge in [0.2, 0.25) is 0 Å². The van der Waals surface area contributed by atoms with Crippen molar-refractivity contribution < 1.29 is 4.74 Å². The van der Waals surface area contributed by atoms with Gasteiger partial charge in [-0.15, -0.1) is 0 Å². The van der Waals surface area contributed by atoms with Gasteiger partial charge in [0.1, 0.15) is 0 Å². The summed E-state index contributed by atoms with van der Waals surface area (Å²) in [5, 5.41) is 0. The molecule has 0 radical (unpaired) electrons. The summed E-state index contributed by atoms with van der Waals surface area (Å²) in [4.78, 5) is 8.35. The summed E-state index contributed by atoms with van der Waals surface area (Å²) in [6.45, 7) is 2.62. The Morgan fingerprint density at radius 2 is 2.33 bits per heavy atom. The van der Waals surface area contributed by atoms with Crippen LogP contribution in [0.5, 0.6) is 0 Å². The first-order chi connectivity index (χ1) is 8.84. The number of aromatic nitrogens is 3. The molecule has 1 aliphatic heterocycles. The topological polar surface area (TPSA) is 66.0 Å². The lowest BCUT2D eigenvalue weighted by molar-refractivity contribution is 0.182. The van der Waals surface area contributed by atoms with Gasteiger partial charge in [-0.05, 0) is 12.5 Å². The predicted molar refractivity (Wildman–Crippen MR) is 68.8 cm³/mol. The van der Waals surface area contributed by atoms with Crippen molar-refractivity contribution in [3.63, 3.8) is 0 Å². The lowest BCUT2D eigenvalue weighted by Crippen LogP contribution is -2.11. The fourth-order valence-electron chi connectivity index (χ4n) is 2.32. The molecular formula is C13H16N4O. The highest BCUT2D eigenvalue weighted by Crippen LogP contribution is 2.26. The zero-order chi connectivity index (χ0) is 12.4. The van der Waals surface area contributed by atoms with E-state index in [0.29, 0.717) is 5.92 Å². The maximum atomic E-state index is 5.98. The quantitative estimate of drug-likeness (QED) is 0.889. The van der Waals surface area contributed by atoms with E-state index >= 15 is 0 Å². The van der Waals surface area contributed by atoms with Crippen molar-refractivity contribution in [1.82, 2.24) is 14.5 Å². The minimum atomic E-state index is 0.566. The zero-order valence-electron chi connectivity index (χ0n) is 10.1. The lowest BCUT2D eigenvalue weighted by Gasteiger charge is -2.13. The van der Waals surface area contributed by atoms with Crippen LogP contribution in [0.4, 0.5) is 5.69 Å². The minimum absolute atomic E-state index is 0.566. The first-order valence-corrected chi connectivity index (χ1v) is 6.12. The Balaban J connectivity index is 1.89.